The minimum Gasteiger partial charge on any atom is -0.488 e. The van der Waals surface area contributed by atoms with E-state index >= 15 is 0 Å². The van der Waals surface area contributed by atoms with Gasteiger partial charge in [0.05, 0.1) is 6.61 Å². The van der Waals surface area contributed by atoms with Crippen molar-refractivity contribution in [2.24, 2.45) is 0 Å². The Morgan fingerprint density at radius 2 is 2.19 bits per heavy atom. The molecular formula is C12H11ClO2S. The van der Waals surface area contributed by atoms with Gasteiger partial charge in [-0.2, -0.15) is 11.3 Å². The summed E-state index contributed by atoms with van der Waals surface area (Å²) in [5, 5.41) is 13.8. The number of hydrogen-bond acceptors (Lipinski definition) is 3. The van der Waals surface area contributed by atoms with Crippen molar-refractivity contribution in [2.45, 2.75) is 13.2 Å². The van der Waals surface area contributed by atoms with Gasteiger partial charge in [-0.3, -0.25) is 0 Å². The van der Waals surface area contributed by atoms with Crippen LogP contribution in [0.1, 0.15) is 11.1 Å². The zero-order chi connectivity index (χ0) is 11.4. The fourth-order valence-corrected chi connectivity index (χ4v) is 2.24. The average molecular weight is 255 g/mol. The fraction of sp³-hybridized carbons (Fsp3) is 0.167. The van der Waals surface area contributed by atoms with Crippen molar-refractivity contribution >= 4 is 22.9 Å². The molecule has 0 fully saturated rings. The topological polar surface area (TPSA) is 29.5 Å². The zero-order valence-corrected chi connectivity index (χ0v) is 10.1. The fourth-order valence-electron chi connectivity index (χ4n) is 1.36. The van der Waals surface area contributed by atoms with Crippen molar-refractivity contribution in [3.8, 4) is 5.75 Å². The lowest BCUT2D eigenvalue weighted by molar-refractivity contribution is 0.259. The molecule has 0 radical (unpaired) electrons. The first-order valence-corrected chi connectivity index (χ1v) is 6.15. The third kappa shape index (κ3) is 2.55. The lowest BCUT2D eigenvalue weighted by atomic mass is 10.2. The minimum atomic E-state index is -0.112. The normalized spacial score (nSPS) is 10.4. The van der Waals surface area contributed by atoms with Gasteiger partial charge in [-0.1, -0.05) is 17.7 Å². The Kier molecular flexibility index (Phi) is 3.83. The van der Waals surface area contributed by atoms with Crippen LogP contribution in [0, 0.1) is 0 Å². The highest BCUT2D eigenvalue weighted by molar-refractivity contribution is 7.07. The Bertz CT molecular complexity index is 454. The molecular weight excluding hydrogens is 244 g/mol. The molecule has 0 aliphatic heterocycles. The van der Waals surface area contributed by atoms with Crippen LogP contribution in [0.3, 0.4) is 0 Å². The molecule has 0 aliphatic carbocycles. The minimum absolute atomic E-state index is 0.112. The van der Waals surface area contributed by atoms with E-state index in [1.807, 2.05) is 29.0 Å². The van der Waals surface area contributed by atoms with Gasteiger partial charge in [-0.05, 0) is 34.5 Å². The standard InChI is InChI=1S/C12H11ClO2S/c13-11-2-1-3-12(10(11)6-14)15-7-9-4-5-16-8-9/h1-5,8,14H,6-7H2. The quantitative estimate of drug-likeness (QED) is 0.905. The summed E-state index contributed by atoms with van der Waals surface area (Å²) in [6.45, 7) is 0.384. The van der Waals surface area contributed by atoms with Crippen LogP contribution in [-0.4, -0.2) is 5.11 Å². The zero-order valence-electron chi connectivity index (χ0n) is 8.52. The Balaban J connectivity index is 2.12. The van der Waals surface area contributed by atoms with Crippen LogP contribution in [0.4, 0.5) is 0 Å². The van der Waals surface area contributed by atoms with E-state index in [-0.39, 0.29) is 6.61 Å². The molecule has 1 N–H and O–H groups in total. The molecule has 1 aromatic heterocycles. The van der Waals surface area contributed by atoms with E-state index in [4.69, 9.17) is 16.3 Å². The van der Waals surface area contributed by atoms with E-state index in [1.165, 1.54) is 0 Å². The van der Waals surface area contributed by atoms with E-state index in [0.29, 0.717) is 22.9 Å². The number of aliphatic hydroxyl groups excluding tert-OH is 1. The average Bonchev–Trinajstić information content (AvgIpc) is 2.79. The number of ether oxygens (including phenoxy) is 1. The summed E-state index contributed by atoms with van der Waals surface area (Å²) in [5.74, 6) is 0.640. The number of thiophene rings is 1. The first-order chi connectivity index (χ1) is 7.81. The van der Waals surface area contributed by atoms with Crippen molar-refractivity contribution in [1.82, 2.24) is 0 Å². The van der Waals surface area contributed by atoms with Gasteiger partial charge in [0.15, 0.2) is 0 Å². The van der Waals surface area contributed by atoms with Crippen molar-refractivity contribution in [3.63, 3.8) is 0 Å². The monoisotopic (exact) mass is 254 g/mol. The molecule has 0 spiro atoms. The van der Waals surface area contributed by atoms with E-state index in [1.54, 1.807) is 17.4 Å². The van der Waals surface area contributed by atoms with E-state index in [9.17, 15) is 5.11 Å². The van der Waals surface area contributed by atoms with Gasteiger partial charge >= 0.3 is 0 Å². The molecule has 0 amide bonds. The molecule has 2 nitrogen and oxygen atoms in total. The van der Waals surface area contributed by atoms with Gasteiger partial charge < -0.3 is 9.84 Å². The third-order valence-corrected chi connectivity index (χ3v) is 3.29. The van der Waals surface area contributed by atoms with Crippen LogP contribution < -0.4 is 4.74 Å². The Morgan fingerprint density at radius 3 is 2.88 bits per heavy atom. The molecule has 0 saturated heterocycles. The van der Waals surface area contributed by atoms with Crippen LogP contribution in [0.25, 0.3) is 0 Å². The molecule has 0 bridgehead atoms. The second-order valence-electron chi connectivity index (χ2n) is 3.29. The van der Waals surface area contributed by atoms with Crippen LogP contribution in [0.2, 0.25) is 5.02 Å². The van der Waals surface area contributed by atoms with Crippen LogP contribution in [0.15, 0.2) is 35.0 Å². The van der Waals surface area contributed by atoms with Gasteiger partial charge in [0.25, 0.3) is 0 Å². The molecule has 1 heterocycles. The van der Waals surface area contributed by atoms with Gasteiger partial charge in [0, 0.05) is 10.6 Å². The summed E-state index contributed by atoms with van der Waals surface area (Å²) in [7, 11) is 0. The molecule has 4 heteroatoms. The number of rotatable bonds is 4. The smallest absolute Gasteiger partial charge is 0.126 e. The summed E-state index contributed by atoms with van der Waals surface area (Å²) < 4.78 is 5.62. The van der Waals surface area contributed by atoms with Crippen molar-refractivity contribution in [2.75, 3.05) is 0 Å². The predicted molar refractivity (Wildman–Crippen MR) is 66.0 cm³/mol. The second kappa shape index (κ2) is 5.34. The van der Waals surface area contributed by atoms with Gasteiger partial charge in [0.1, 0.15) is 12.4 Å². The molecule has 0 atom stereocenters. The van der Waals surface area contributed by atoms with Crippen molar-refractivity contribution < 1.29 is 9.84 Å². The third-order valence-electron chi connectivity index (χ3n) is 2.21. The highest BCUT2D eigenvalue weighted by Crippen LogP contribution is 2.27. The molecule has 0 saturated carbocycles. The largest absolute Gasteiger partial charge is 0.488 e. The van der Waals surface area contributed by atoms with E-state index in [2.05, 4.69) is 0 Å². The number of hydrogen-bond donors (Lipinski definition) is 1. The highest BCUT2D eigenvalue weighted by atomic mass is 35.5. The lowest BCUT2D eigenvalue weighted by Crippen LogP contribution is -1.98. The highest BCUT2D eigenvalue weighted by Gasteiger charge is 2.07. The second-order valence-corrected chi connectivity index (χ2v) is 4.48. The van der Waals surface area contributed by atoms with Gasteiger partial charge in [-0.25, -0.2) is 0 Å². The lowest BCUT2D eigenvalue weighted by Gasteiger charge is -2.10. The summed E-state index contributed by atoms with van der Waals surface area (Å²) >= 11 is 7.58. The SMILES string of the molecule is OCc1c(Cl)cccc1OCc1ccsc1. The van der Waals surface area contributed by atoms with E-state index in [0.717, 1.165) is 5.56 Å². The Labute approximate surface area is 103 Å². The predicted octanol–water partition coefficient (Wildman–Crippen LogP) is 3.47. The van der Waals surface area contributed by atoms with Crippen LogP contribution in [0.5, 0.6) is 5.75 Å². The van der Waals surface area contributed by atoms with Crippen molar-refractivity contribution in [1.29, 1.82) is 0 Å². The Hall–Kier alpha value is -1.03. The first-order valence-electron chi connectivity index (χ1n) is 4.83. The van der Waals surface area contributed by atoms with Crippen molar-refractivity contribution in [3.05, 3.63) is 51.2 Å². The first kappa shape index (κ1) is 11.5. The summed E-state index contributed by atoms with van der Waals surface area (Å²) in [5.41, 5.74) is 1.76. The molecule has 84 valence electrons. The number of halogens is 1. The molecule has 2 rings (SSSR count). The summed E-state index contributed by atoms with van der Waals surface area (Å²) in [4.78, 5) is 0. The van der Waals surface area contributed by atoms with E-state index < -0.39 is 0 Å². The maximum Gasteiger partial charge on any atom is 0.126 e. The van der Waals surface area contributed by atoms with Gasteiger partial charge in [0.2, 0.25) is 0 Å². The summed E-state index contributed by atoms with van der Waals surface area (Å²) in [6.07, 6.45) is 0. The van der Waals surface area contributed by atoms with Crippen LogP contribution >= 0.6 is 22.9 Å². The Morgan fingerprint density at radius 1 is 1.31 bits per heavy atom. The molecule has 16 heavy (non-hydrogen) atoms. The van der Waals surface area contributed by atoms with Crippen LogP contribution in [-0.2, 0) is 13.2 Å². The molecule has 2 aromatic rings. The number of benzene rings is 1. The summed E-state index contributed by atoms with van der Waals surface area (Å²) in [6, 6.07) is 7.37. The van der Waals surface area contributed by atoms with Gasteiger partial charge in [-0.15, -0.1) is 0 Å². The maximum absolute atomic E-state index is 9.19. The maximum atomic E-state index is 9.19. The number of aliphatic hydroxyl groups is 1. The molecule has 0 unspecified atom stereocenters. The molecule has 1 aromatic carbocycles. The molecule has 0 aliphatic rings.